The van der Waals surface area contributed by atoms with E-state index in [1.165, 1.54) is 10.4 Å². The van der Waals surface area contributed by atoms with E-state index >= 15 is 0 Å². The van der Waals surface area contributed by atoms with Gasteiger partial charge in [-0.1, -0.05) is 241 Å². The van der Waals surface area contributed by atoms with Crippen molar-refractivity contribution in [3.63, 3.8) is 0 Å². The van der Waals surface area contributed by atoms with Crippen molar-refractivity contribution in [1.29, 1.82) is 0 Å². The molecule has 13 rings (SSSR count). The first-order valence-corrected chi connectivity index (χ1v) is 29.5. The highest BCUT2D eigenvalue weighted by Crippen LogP contribution is 2.51. The number of rotatable bonds is 10. The number of hydrogen-bond donors (Lipinski definition) is 0. The summed E-state index contributed by atoms with van der Waals surface area (Å²) in [5.74, 6) is 1.69. The Morgan fingerprint density at radius 2 is 0.988 bits per heavy atom. The van der Waals surface area contributed by atoms with Gasteiger partial charge in [0.05, 0.1) is 36.5 Å². The molecular weight excluding hydrogens is 1000 g/mol. The van der Waals surface area contributed by atoms with Crippen molar-refractivity contribution in [2.24, 2.45) is 0 Å². The van der Waals surface area contributed by atoms with Crippen LogP contribution >= 0.6 is 0 Å². The van der Waals surface area contributed by atoms with Crippen LogP contribution in [0.1, 0.15) is 71.9 Å². The van der Waals surface area contributed by atoms with Gasteiger partial charge in [0, 0.05) is 46.4 Å². The van der Waals surface area contributed by atoms with Crippen molar-refractivity contribution in [3.05, 3.63) is 277 Å². The molecule has 10 aromatic carbocycles. The molecule has 0 radical (unpaired) electrons. The second-order valence-electron chi connectivity index (χ2n) is 23.0. The smallest absolute Gasteiger partial charge is 0.184 e. The lowest BCUT2D eigenvalue weighted by atomic mass is 9.78. The van der Waals surface area contributed by atoms with E-state index in [1.807, 2.05) is 85.8 Å². The molecule has 0 spiro atoms. The van der Waals surface area contributed by atoms with E-state index in [0.29, 0.717) is 39.7 Å². The number of ether oxygens (including phenoxy) is 1. The maximum absolute atomic E-state index is 9.35. The fourth-order valence-corrected chi connectivity index (χ4v) is 16.9. The molecule has 2 aliphatic rings. The molecule has 396 valence electrons. The Hall–Kier alpha value is -9.23. The molecule has 0 bridgehead atoms. The van der Waals surface area contributed by atoms with Crippen molar-refractivity contribution in [1.82, 2.24) is 4.98 Å². The van der Waals surface area contributed by atoms with Crippen LogP contribution in [0.25, 0.3) is 33.4 Å². The van der Waals surface area contributed by atoms with E-state index in [4.69, 9.17) is 20.7 Å². The van der Waals surface area contributed by atoms with Crippen molar-refractivity contribution >= 4 is 68.8 Å². The molecule has 2 aliphatic heterocycles. The zero-order valence-electron chi connectivity index (χ0n) is 56.5. The van der Waals surface area contributed by atoms with Crippen LogP contribution in [0.4, 0.5) is 39.9 Å². The molecule has 0 saturated carbocycles. The molecule has 11 aromatic rings. The summed E-state index contributed by atoms with van der Waals surface area (Å²) in [4.78, 5) is 11.7. The molecule has 1 aromatic heterocycles. The molecule has 0 aliphatic carbocycles. The zero-order valence-corrected chi connectivity index (χ0v) is 47.5. The van der Waals surface area contributed by atoms with Gasteiger partial charge in [-0.25, -0.2) is 4.98 Å². The summed E-state index contributed by atoms with van der Waals surface area (Å²) < 4.78 is 95.1. The highest BCUT2D eigenvalue weighted by atomic mass is 28.3. The number of benzene rings is 10. The number of pyridine rings is 1. The third-order valence-electron chi connectivity index (χ3n) is 15.8. The summed E-state index contributed by atoms with van der Waals surface area (Å²) in [5, 5.41) is 4.61. The Morgan fingerprint density at radius 3 is 1.60 bits per heavy atom. The van der Waals surface area contributed by atoms with E-state index in [-0.39, 0.29) is 52.8 Å². The largest absolute Gasteiger partial charge is 0.457 e. The molecule has 0 atom stereocenters. The first-order valence-electron chi connectivity index (χ1n) is 32.5. The Bertz CT molecular complexity index is 4610. The standard InChI is InChI=1S/C75H66N4OSi/c1-52-44-72(76-50-65(52)54-28-14-9-15-29-54)79-68-40-22-23-41-70(68)81(61-32-16-10-17-33-61,62-34-18-11-19-35-62)71-43-42-60(49-69(71)79)80-59-31-24-30-58(48-59)77-51-78(67-39-21-20-38-66(67)77)73-63(53-26-12-8-13-27-53)36-25-37-64(73)55-45-56(74(2,3)4)47-57(46-55)75(5,6)7/h8-50H,51H2,1-7H3/i8D,9D,12D,13D,14D,15D,26D,27D,28D,29D. The lowest BCUT2D eigenvalue weighted by Crippen LogP contribution is -2.77. The van der Waals surface area contributed by atoms with Crippen molar-refractivity contribution < 1.29 is 18.4 Å². The van der Waals surface area contributed by atoms with Crippen LogP contribution < -0.4 is 40.2 Å². The molecule has 5 nitrogen and oxygen atoms in total. The Labute approximate surface area is 493 Å². The van der Waals surface area contributed by atoms with Crippen molar-refractivity contribution in [2.75, 3.05) is 21.4 Å². The molecule has 3 heterocycles. The lowest BCUT2D eigenvalue weighted by molar-refractivity contribution is 0.483. The maximum atomic E-state index is 9.35. The first kappa shape index (κ1) is 40.9. The SMILES string of the molecule is [2H]c1c([2H])c([2H])c(-c2cnc(N3c4ccccc4[Si](c4ccccc4)(c4ccccc4)c4ccc(Oc5cccc(N6CN(c7c(-c8cc(C(C)(C)C)cc(C(C)(C)C)c8)cccc7-c7c([2H])c([2H])c([2H])c([2H])c7[2H])c7ccccc76)c5)cc43)cc2C)c([2H])c1[2H]. The van der Waals surface area contributed by atoms with Gasteiger partial charge in [0.15, 0.2) is 8.07 Å². The summed E-state index contributed by atoms with van der Waals surface area (Å²) in [7, 11) is -3.15. The van der Waals surface area contributed by atoms with Crippen LogP contribution in [0.2, 0.25) is 0 Å². The normalized spacial score (nSPS) is 15.3. The molecule has 0 fully saturated rings. The van der Waals surface area contributed by atoms with Crippen LogP contribution in [0, 0.1) is 6.92 Å². The number of hydrogen-bond acceptors (Lipinski definition) is 5. The van der Waals surface area contributed by atoms with E-state index in [2.05, 4.69) is 172 Å². The van der Waals surface area contributed by atoms with Gasteiger partial charge in [-0.05, 0) is 114 Å². The van der Waals surface area contributed by atoms with E-state index in [9.17, 15) is 2.74 Å². The quantitative estimate of drug-likeness (QED) is 0.127. The number of anilines is 7. The van der Waals surface area contributed by atoms with Crippen LogP contribution in [-0.4, -0.2) is 19.7 Å². The highest BCUT2D eigenvalue weighted by molar-refractivity contribution is 7.21. The van der Waals surface area contributed by atoms with Gasteiger partial charge < -0.3 is 14.5 Å². The monoisotopic (exact) mass is 1080 g/mol. The predicted molar refractivity (Wildman–Crippen MR) is 343 cm³/mol. The fourth-order valence-electron chi connectivity index (χ4n) is 11.8. The second-order valence-corrected chi connectivity index (χ2v) is 26.7. The highest BCUT2D eigenvalue weighted by Gasteiger charge is 2.49. The topological polar surface area (TPSA) is 31.8 Å². The molecule has 6 heteroatoms. The fraction of sp³-hybridized carbons (Fsp3) is 0.133. The van der Waals surface area contributed by atoms with Gasteiger partial charge in [-0.2, -0.15) is 0 Å². The number of aryl methyl sites for hydroxylation is 1. The van der Waals surface area contributed by atoms with E-state index in [0.717, 1.165) is 61.1 Å². The molecule has 0 N–H and O–H groups in total. The predicted octanol–water partition coefficient (Wildman–Crippen LogP) is 17.2. The number of fused-ring (bicyclic) bond motifs is 3. The van der Waals surface area contributed by atoms with Crippen LogP contribution in [0.15, 0.2) is 261 Å². The Kier molecular flexibility index (Phi) is 10.3. The third-order valence-corrected chi connectivity index (χ3v) is 20.7. The zero-order chi connectivity index (χ0) is 64.2. The average Bonchev–Trinajstić information content (AvgIpc) is 1.12. The van der Waals surface area contributed by atoms with Crippen molar-refractivity contribution in [2.45, 2.75) is 59.3 Å². The summed E-state index contributed by atoms with van der Waals surface area (Å²) >= 11 is 0. The number of nitrogens with zero attached hydrogens (tertiary/aromatic N) is 4. The maximum Gasteiger partial charge on any atom is 0.184 e. The number of para-hydroxylation sites is 4. The lowest BCUT2D eigenvalue weighted by Gasteiger charge is -2.44. The summed E-state index contributed by atoms with van der Waals surface area (Å²) in [6.45, 7) is 15.4. The van der Waals surface area contributed by atoms with Crippen LogP contribution in [0.3, 0.4) is 0 Å². The summed E-state index contributed by atoms with van der Waals surface area (Å²) in [6.07, 6.45) is 1.61. The molecule has 81 heavy (non-hydrogen) atoms. The van der Waals surface area contributed by atoms with Gasteiger partial charge in [0.25, 0.3) is 0 Å². The third kappa shape index (κ3) is 9.20. The Balaban J connectivity index is 0.952. The average molecular weight is 1080 g/mol. The van der Waals surface area contributed by atoms with Crippen LogP contribution in [0.5, 0.6) is 11.5 Å². The minimum Gasteiger partial charge on any atom is -0.457 e. The van der Waals surface area contributed by atoms with Crippen molar-refractivity contribution in [3.8, 4) is 44.9 Å². The first-order chi connectivity index (χ1) is 43.5. The van der Waals surface area contributed by atoms with Gasteiger partial charge in [0.2, 0.25) is 0 Å². The molecule has 0 saturated heterocycles. The second kappa shape index (κ2) is 20.5. The minimum atomic E-state index is -3.15. The molecule has 0 unspecified atom stereocenters. The summed E-state index contributed by atoms with van der Waals surface area (Å²) in [5.41, 5.74) is 10.5. The van der Waals surface area contributed by atoms with E-state index < -0.39 is 44.3 Å². The molecule has 0 amide bonds. The van der Waals surface area contributed by atoms with E-state index in [1.54, 1.807) is 6.20 Å². The van der Waals surface area contributed by atoms with Gasteiger partial charge in [-0.15, -0.1) is 0 Å². The van der Waals surface area contributed by atoms with Gasteiger partial charge in [-0.3, -0.25) is 4.90 Å². The van der Waals surface area contributed by atoms with Gasteiger partial charge >= 0.3 is 0 Å². The number of aromatic nitrogens is 1. The van der Waals surface area contributed by atoms with Gasteiger partial charge in [0.1, 0.15) is 24.0 Å². The Morgan fingerprint density at radius 1 is 0.457 bits per heavy atom. The summed E-state index contributed by atoms with van der Waals surface area (Å²) in [6, 6.07) is 63.1. The van der Waals surface area contributed by atoms with Crippen LogP contribution in [-0.2, 0) is 10.8 Å². The minimum absolute atomic E-state index is 0.0872. The molecular formula is C75H66N4OSi.